The number of H-pyrrole nitrogens is 1. The van der Waals surface area contributed by atoms with Crippen LogP contribution in [0.4, 0.5) is 4.39 Å². The number of rotatable bonds is 2. The molecule has 1 fully saturated rings. The molecule has 30 heavy (non-hydrogen) atoms. The van der Waals surface area contributed by atoms with E-state index >= 15 is 0 Å². The Balaban J connectivity index is 0.000000269. The predicted molar refractivity (Wildman–Crippen MR) is 117 cm³/mol. The molecule has 1 atom stereocenters. The van der Waals surface area contributed by atoms with Gasteiger partial charge in [-0.25, -0.2) is 4.39 Å². The van der Waals surface area contributed by atoms with Crippen LogP contribution in [-0.4, -0.2) is 15.9 Å². The molecule has 1 aliphatic carbocycles. The van der Waals surface area contributed by atoms with E-state index in [2.05, 4.69) is 23.8 Å². The summed E-state index contributed by atoms with van der Waals surface area (Å²) in [6, 6.07) is 9.15. The first kappa shape index (κ1) is 22.0. The molecule has 1 aromatic carbocycles. The van der Waals surface area contributed by atoms with Crippen LogP contribution in [0.1, 0.15) is 61.6 Å². The topological polar surface area (TPSA) is 88.8 Å². The van der Waals surface area contributed by atoms with Crippen molar-refractivity contribution in [2.24, 2.45) is 11.1 Å². The molecule has 3 N–H and O–H groups in total. The molecule has 0 bridgehead atoms. The Hall–Kier alpha value is -2.73. The monoisotopic (exact) mass is 429 g/mol. The third-order valence-electron chi connectivity index (χ3n) is 5.43. The number of carbonyl (C=O) groups is 1. The number of nitrogens with two attached hydrogens (primary N) is 1. The van der Waals surface area contributed by atoms with Crippen LogP contribution >= 0.6 is 11.6 Å². The maximum Gasteiger partial charge on any atom is 0.268 e. The molecule has 3 aromatic rings. The number of primary amides is 1. The molecule has 5 nitrogen and oxygen atoms in total. The molecule has 2 aromatic heterocycles. The summed E-state index contributed by atoms with van der Waals surface area (Å²) in [5, 5.41) is 0.721. The summed E-state index contributed by atoms with van der Waals surface area (Å²) >= 11 is 5.40. The van der Waals surface area contributed by atoms with Crippen LogP contribution in [0.2, 0.25) is 5.02 Å². The zero-order valence-corrected chi connectivity index (χ0v) is 17.8. The number of hydrogen-bond acceptors (Lipinski definition) is 3. The quantitative estimate of drug-likeness (QED) is 0.587. The minimum absolute atomic E-state index is 0.0364. The molecule has 0 unspecified atom stereocenters. The zero-order chi connectivity index (χ0) is 21.9. The first-order valence-corrected chi connectivity index (χ1v) is 10.3. The van der Waals surface area contributed by atoms with Crippen molar-refractivity contribution in [1.29, 1.82) is 0 Å². The first-order chi connectivity index (χ1) is 14.2. The summed E-state index contributed by atoms with van der Waals surface area (Å²) in [7, 11) is 0. The second-order valence-corrected chi connectivity index (χ2v) is 8.87. The number of amides is 1. The van der Waals surface area contributed by atoms with Crippen LogP contribution in [0.3, 0.4) is 0 Å². The SMILES string of the molecule is CC1(C)CCC[C@H](c2cc(=O)c3c(C(N)=O)nccc3[nH]2)C1.Fc1cccc(Cl)c1. The van der Waals surface area contributed by atoms with Crippen LogP contribution in [0, 0.1) is 11.2 Å². The molecule has 0 aliphatic heterocycles. The Morgan fingerprint density at radius 1 is 1.30 bits per heavy atom. The molecule has 0 radical (unpaired) electrons. The number of carbonyl (C=O) groups excluding carboxylic acids is 1. The van der Waals surface area contributed by atoms with Gasteiger partial charge in [-0.05, 0) is 54.9 Å². The summed E-state index contributed by atoms with van der Waals surface area (Å²) in [5.41, 5.74) is 7.04. The molecular weight excluding hydrogens is 405 g/mol. The lowest BCUT2D eigenvalue weighted by atomic mass is 9.71. The van der Waals surface area contributed by atoms with Gasteiger partial charge >= 0.3 is 0 Å². The van der Waals surface area contributed by atoms with E-state index in [4.69, 9.17) is 17.3 Å². The van der Waals surface area contributed by atoms with Crippen molar-refractivity contribution in [3.63, 3.8) is 0 Å². The number of aromatic nitrogens is 2. The van der Waals surface area contributed by atoms with Gasteiger partial charge in [0.05, 0.1) is 10.9 Å². The largest absolute Gasteiger partial charge is 0.364 e. The van der Waals surface area contributed by atoms with Crippen molar-refractivity contribution in [3.05, 3.63) is 75.0 Å². The Morgan fingerprint density at radius 3 is 2.67 bits per heavy atom. The highest BCUT2D eigenvalue weighted by Crippen LogP contribution is 2.42. The smallest absolute Gasteiger partial charge is 0.268 e. The van der Waals surface area contributed by atoms with Crippen LogP contribution < -0.4 is 11.2 Å². The number of hydrogen-bond donors (Lipinski definition) is 2. The highest BCUT2D eigenvalue weighted by molar-refractivity contribution is 6.30. The van der Waals surface area contributed by atoms with E-state index in [0.29, 0.717) is 21.9 Å². The fourth-order valence-corrected chi connectivity index (χ4v) is 4.23. The van der Waals surface area contributed by atoms with Gasteiger partial charge < -0.3 is 10.7 Å². The summed E-state index contributed by atoms with van der Waals surface area (Å²) in [6.07, 6.45) is 6.03. The minimum atomic E-state index is -0.678. The first-order valence-electron chi connectivity index (χ1n) is 9.89. The van der Waals surface area contributed by atoms with E-state index in [-0.39, 0.29) is 22.3 Å². The average Bonchev–Trinajstić information content (AvgIpc) is 2.67. The lowest BCUT2D eigenvalue weighted by molar-refractivity contribution is 0.0997. The van der Waals surface area contributed by atoms with Crippen molar-refractivity contribution in [2.75, 3.05) is 0 Å². The van der Waals surface area contributed by atoms with Gasteiger partial charge in [0.15, 0.2) is 5.43 Å². The fraction of sp³-hybridized carbons (Fsp3) is 0.348. The Kier molecular flexibility index (Phi) is 6.56. The summed E-state index contributed by atoms with van der Waals surface area (Å²) in [5.74, 6) is -0.619. The normalized spacial score (nSPS) is 17.8. The molecule has 158 valence electrons. The number of fused-ring (bicyclic) bond motifs is 1. The predicted octanol–water partition coefficient (Wildman–Crippen LogP) is 5.18. The van der Waals surface area contributed by atoms with Crippen LogP contribution in [0.15, 0.2) is 47.4 Å². The third-order valence-corrected chi connectivity index (χ3v) is 5.66. The number of aromatic amines is 1. The maximum atomic E-state index is 12.5. The van der Waals surface area contributed by atoms with E-state index in [1.165, 1.54) is 31.2 Å². The molecule has 1 amide bonds. The highest BCUT2D eigenvalue weighted by Gasteiger charge is 2.29. The molecule has 0 saturated heterocycles. The lowest BCUT2D eigenvalue weighted by Crippen LogP contribution is -2.23. The fourth-order valence-electron chi connectivity index (χ4n) is 4.05. The number of pyridine rings is 2. The van der Waals surface area contributed by atoms with Gasteiger partial charge in [0.2, 0.25) is 0 Å². The van der Waals surface area contributed by atoms with Crippen molar-refractivity contribution >= 4 is 28.4 Å². The van der Waals surface area contributed by atoms with E-state index in [1.54, 1.807) is 24.3 Å². The van der Waals surface area contributed by atoms with E-state index < -0.39 is 5.91 Å². The van der Waals surface area contributed by atoms with Gasteiger partial charge in [0.1, 0.15) is 11.5 Å². The molecule has 1 saturated carbocycles. The van der Waals surface area contributed by atoms with Gasteiger partial charge in [-0.2, -0.15) is 0 Å². The van der Waals surface area contributed by atoms with E-state index in [0.717, 1.165) is 18.5 Å². The summed E-state index contributed by atoms with van der Waals surface area (Å²) in [4.78, 5) is 31.2. The molecule has 7 heteroatoms. The Bertz CT molecular complexity index is 1110. The second-order valence-electron chi connectivity index (χ2n) is 8.43. The van der Waals surface area contributed by atoms with Gasteiger partial charge in [-0.15, -0.1) is 0 Å². The molecule has 1 aliphatic rings. The van der Waals surface area contributed by atoms with Crippen LogP contribution in [-0.2, 0) is 0 Å². The molecule has 2 heterocycles. The van der Waals surface area contributed by atoms with Gasteiger partial charge in [0.25, 0.3) is 5.91 Å². The van der Waals surface area contributed by atoms with Gasteiger partial charge in [-0.3, -0.25) is 14.6 Å². The van der Waals surface area contributed by atoms with E-state index in [9.17, 15) is 14.0 Å². The second kappa shape index (κ2) is 8.96. The van der Waals surface area contributed by atoms with Crippen molar-refractivity contribution in [1.82, 2.24) is 9.97 Å². The minimum Gasteiger partial charge on any atom is -0.364 e. The molecular formula is C23H25ClFN3O2. The number of benzene rings is 1. The average molecular weight is 430 g/mol. The number of nitrogens with zero attached hydrogens (tertiary/aromatic N) is 1. The highest BCUT2D eigenvalue weighted by atomic mass is 35.5. The number of nitrogens with one attached hydrogen (secondary N) is 1. The lowest BCUT2D eigenvalue weighted by Gasteiger charge is -2.35. The molecule has 4 rings (SSSR count). The van der Waals surface area contributed by atoms with Gasteiger partial charge in [0, 0.05) is 23.0 Å². The Morgan fingerprint density at radius 2 is 2.07 bits per heavy atom. The van der Waals surface area contributed by atoms with Crippen LogP contribution in [0.25, 0.3) is 10.9 Å². The summed E-state index contributed by atoms with van der Waals surface area (Å²) < 4.78 is 12.1. The third kappa shape index (κ3) is 5.25. The summed E-state index contributed by atoms with van der Waals surface area (Å²) in [6.45, 7) is 4.54. The number of halogens is 2. The van der Waals surface area contributed by atoms with E-state index in [1.807, 2.05) is 0 Å². The molecule has 0 spiro atoms. The van der Waals surface area contributed by atoms with Crippen molar-refractivity contribution in [3.8, 4) is 0 Å². The Labute approximate surface area is 179 Å². The van der Waals surface area contributed by atoms with Gasteiger partial charge in [-0.1, -0.05) is 37.9 Å². The van der Waals surface area contributed by atoms with Crippen molar-refractivity contribution in [2.45, 2.75) is 45.4 Å². The maximum absolute atomic E-state index is 12.5. The van der Waals surface area contributed by atoms with Crippen molar-refractivity contribution < 1.29 is 9.18 Å². The van der Waals surface area contributed by atoms with Crippen LogP contribution in [0.5, 0.6) is 0 Å². The zero-order valence-electron chi connectivity index (χ0n) is 17.0. The standard InChI is InChI=1S/C17H21N3O2.C6H4ClF/c1-17(2)6-3-4-10(9-17)12-8-13(21)14-11(20-12)5-7-19-15(14)16(18)22;7-5-2-1-3-6(8)4-5/h5,7-8,10H,3-4,6,9H2,1-2H3,(H2,18,22)(H,20,21);1-4H/t10-;/m0./s1.